The van der Waals surface area contributed by atoms with Gasteiger partial charge in [0.2, 0.25) is 0 Å². The highest BCUT2D eigenvalue weighted by Crippen LogP contribution is 2.05. The molecule has 66 valence electrons. The van der Waals surface area contributed by atoms with E-state index in [1.807, 2.05) is 6.92 Å². The van der Waals surface area contributed by atoms with Crippen LogP contribution in [0.2, 0.25) is 0 Å². The largest absolute Gasteiger partial charge is 0.392 e. The number of nitrogens with zero attached hydrogens (tertiary/aromatic N) is 1. The van der Waals surface area contributed by atoms with Crippen LogP contribution in [0.1, 0.15) is 18.2 Å². The molecule has 0 unspecified atom stereocenters. The molecule has 0 bridgehead atoms. The van der Waals surface area contributed by atoms with Crippen LogP contribution in [-0.2, 0) is 0 Å². The molecule has 0 spiro atoms. The van der Waals surface area contributed by atoms with Gasteiger partial charge in [-0.05, 0) is 30.7 Å². The quantitative estimate of drug-likeness (QED) is 0.687. The van der Waals surface area contributed by atoms with Gasteiger partial charge in [0.25, 0.3) is 0 Å². The number of aromatic nitrogens is 1. The molecule has 0 radical (unpaired) electrons. The maximum atomic E-state index is 8.79. The van der Waals surface area contributed by atoms with E-state index >= 15 is 0 Å². The number of rotatable bonds is 2. The van der Waals surface area contributed by atoms with Crippen molar-refractivity contribution in [2.24, 2.45) is 0 Å². The zero-order valence-electron chi connectivity index (χ0n) is 7.49. The standard InChI is InChI=1S/C11H11NO/c1-3-10-4-5-12-11(7-10)6-9(2)8-13/h1,4-7,13H,8H2,2H3/b9-6-. The minimum Gasteiger partial charge on any atom is -0.392 e. The van der Waals surface area contributed by atoms with Crippen LogP contribution in [0.4, 0.5) is 0 Å². The lowest BCUT2D eigenvalue weighted by Crippen LogP contribution is -1.87. The molecular formula is C11H11NO. The lowest BCUT2D eigenvalue weighted by Gasteiger charge is -1.96. The fraction of sp³-hybridized carbons (Fsp3) is 0.182. The molecule has 0 aliphatic rings. The Morgan fingerprint density at radius 1 is 1.77 bits per heavy atom. The number of terminal acetylenes is 1. The Balaban J connectivity index is 2.97. The molecule has 0 amide bonds. The molecule has 1 N–H and O–H groups in total. The zero-order valence-corrected chi connectivity index (χ0v) is 7.49. The van der Waals surface area contributed by atoms with Crippen molar-refractivity contribution < 1.29 is 5.11 Å². The molecule has 1 aromatic rings. The summed E-state index contributed by atoms with van der Waals surface area (Å²) in [5.74, 6) is 2.53. The Bertz CT molecular complexity index is 361. The van der Waals surface area contributed by atoms with E-state index in [9.17, 15) is 0 Å². The van der Waals surface area contributed by atoms with E-state index in [4.69, 9.17) is 11.5 Å². The minimum absolute atomic E-state index is 0.0436. The van der Waals surface area contributed by atoms with Crippen LogP contribution in [0.3, 0.4) is 0 Å². The van der Waals surface area contributed by atoms with Gasteiger partial charge >= 0.3 is 0 Å². The summed E-state index contributed by atoms with van der Waals surface area (Å²) >= 11 is 0. The fourth-order valence-electron chi connectivity index (χ4n) is 0.915. The molecule has 1 heterocycles. The van der Waals surface area contributed by atoms with Crippen LogP contribution in [0.5, 0.6) is 0 Å². The van der Waals surface area contributed by atoms with Crippen LogP contribution in [-0.4, -0.2) is 16.7 Å². The number of pyridine rings is 1. The highest BCUT2D eigenvalue weighted by atomic mass is 16.3. The zero-order chi connectivity index (χ0) is 9.68. The molecule has 1 aromatic heterocycles. The number of hydrogen-bond donors (Lipinski definition) is 1. The molecule has 1 rings (SSSR count). The van der Waals surface area contributed by atoms with Crippen LogP contribution in [0.15, 0.2) is 23.9 Å². The van der Waals surface area contributed by atoms with Gasteiger partial charge in [0.15, 0.2) is 0 Å². The molecule has 0 aliphatic carbocycles. The summed E-state index contributed by atoms with van der Waals surface area (Å²) in [5.41, 5.74) is 2.44. The molecule has 13 heavy (non-hydrogen) atoms. The van der Waals surface area contributed by atoms with Crippen molar-refractivity contribution in [1.82, 2.24) is 4.98 Å². The molecule has 0 saturated heterocycles. The van der Waals surface area contributed by atoms with Gasteiger partial charge in [-0.2, -0.15) is 0 Å². The summed E-state index contributed by atoms with van der Waals surface area (Å²) in [6.45, 7) is 1.88. The Morgan fingerprint density at radius 3 is 3.15 bits per heavy atom. The van der Waals surface area contributed by atoms with Crippen molar-refractivity contribution in [3.63, 3.8) is 0 Å². The first-order chi connectivity index (χ1) is 6.26. The van der Waals surface area contributed by atoms with Gasteiger partial charge in [-0.3, -0.25) is 4.98 Å². The lowest BCUT2D eigenvalue weighted by molar-refractivity contribution is 0.332. The SMILES string of the molecule is C#Cc1ccnc(/C=C(/C)CO)c1. The van der Waals surface area contributed by atoms with Crippen molar-refractivity contribution in [1.29, 1.82) is 0 Å². The summed E-state index contributed by atoms with van der Waals surface area (Å²) in [7, 11) is 0. The van der Waals surface area contributed by atoms with Crippen molar-refractivity contribution in [2.45, 2.75) is 6.92 Å². The van der Waals surface area contributed by atoms with E-state index in [-0.39, 0.29) is 6.61 Å². The third-order valence-electron chi connectivity index (χ3n) is 1.59. The maximum absolute atomic E-state index is 8.79. The molecule has 0 fully saturated rings. The van der Waals surface area contributed by atoms with Gasteiger partial charge in [-0.25, -0.2) is 0 Å². The smallest absolute Gasteiger partial charge is 0.0642 e. The summed E-state index contributed by atoms with van der Waals surface area (Å²) in [6.07, 6.45) is 8.70. The Hall–Kier alpha value is -1.59. The molecular weight excluding hydrogens is 162 g/mol. The second-order valence-electron chi connectivity index (χ2n) is 2.76. The molecule has 0 aromatic carbocycles. The molecule has 2 heteroatoms. The predicted molar refractivity (Wildman–Crippen MR) is 52.9 cm³/mol. The van der Waals surface area contributed by atoms with E-state index in [0.717, 1.165) is 16.8 Å². The maximum Gasteiger partial charge on any atom is 0.0642 e. The summed E-state index contributed by atoms with van der Waals surface area (Å²) in [5, 5.41) is 8.79. The van der Waals surface area contributed by atoms with E-state index in [1.165, 1.54) is 0 Å². The summed E-state index contributed by atoms with van der Waals surface area (Å²) < 4.78 is 0. The van der Waals surface area contributed by atoms with Gasteiger partial charge in [-0.15, -0.1) is 6.42 Å². The molecule has 0 atom stereocenters. The third-order valence-corrected chi connectivity index (χ3v) is 1.59. The van der Waals surface area contributed by atoms with Crippen LogP contribution >= 0.6 is 0 Å². The van der Waals surface area contributed by atoms with Crippen LogP contribution in [0, 0.1) is 12.3 Å². The van der Waals surface area contributed by atoms with Gasteiger partial charge in [-0.1, -0.05) is 5.92 Å². The predicted octanol–water partition coefficient (Wildman–Crippen LogP) is 1.46. The van der Waals surface area contributed by atoms with Crippen molar-refractivity contribution in [3.8, 4) is 12.3 Å². The number of aliphatic hydroxyl groups excluding tert-OH is 1. The van der Waals surface area contributed by atoms with E-state index < -0.39 is 0 Å². The fourth-order valence-corrected chi connectivity index (χ4v) is 0.915. The first-order valence-corrected chi connectivity index (χ1v) is 3.97. The lowest BCUT2D eigenvalue weighted by atomic mass is 10.2. The van der Waals surface area contributed by atoms with Crippen molar-refractivity contribution in [3.05, 3.63) is 35.2 Å². The topological polar surface area (TPSA) is 33.1 Å². The Morgan fingerprint density at radius 2 is 2.54 bits per heavy atom. The van der Waals surface area contributed by atoms with Gasteiger partial charge < -0.3 is 5.11 Å². The first-order valence-electron chi connectivity index (χ1n) is 3.97. The van der Waals surface area contributed by atoms with Crippen molar-refractivity contribution in [2.75, 3.05) is 6.61 Å². The highest BCUT2D eigenvalue weighted by molar-refractivity contribution is 5.51. The monoisotopic (exact) mass is 173 g/mol. The third kappa shape index (κ3) is 2.73. The summed E-state index contributed by atoms with van der Waals surface area (Å²) in [6, 6.07) is 3.57. The average Bonchev–Trinajstić information content (AvgIpc) is 2.18. The summed E-state index contributed by atoms with van der Waals surface area (Å²) in [4.78, 5) is 4.09. The van der Waals surface area contributed by atoms with Gasteiger partial charge in [0, 0.05) is 11.8 Å². The van der Waals surface area contributed by atoms with Gasteiger partial charge in [0.05, 0.1) is 12.3 Å². The highest BCUT2D eigenvalue weighted by Gasteiger charge is 1.92. The van der Waals surface area contributed by atoms with Crippen LogP contribution in [0.25, 0.3) is 6.08 Å². The van der Waals surface area contributed by atoms with Gasteiger partial charge in [0.1, 0.15) is 0 Å². The average molecular weight is 173 g/mol. The molecule has 0 aliphatic heterocycles. The van der Waals surface area contributed by atoms with E-state index in [2.05, 4.69) is 10.9 Å². The van der Waals surface area contributed by atoms with E-state index in [1.54, 1.807) is 24.4 Å². The Kier molecular flexibility index (Phi) is 3.24. The van der Waals surface area contributed by atoms with E-state index in [0.29, 0.717) is 0 Å². The van der Waals surface area contributed by atoms with Crippen molar-refractivity contribution >= 4 is 6.08 Å². The number of hydrogen-bond acceptors (Lipinski definition) is 2. The number of aliphatic hydroxyl groups is 1. The molecule has 0 saturated carbocycles. The Labute approximate surface area is 77.9 Å². The second-order valence-corrected chi connectivity index (χ2v) is 2.76. The minimum atomic E-state index is 0.0436. The van der Waals surface area contributed by atoms with Crippen LogP contribution < -0.4 is 0 Å². The normalized spacial score (nSPS) is 11.0. The molecule has 2 nitrogen and oxygen atoms in total. The first kappa shape index (κ1) is 9.50. The second kappa shape index (κ2) is 4.44.